The Labute approximate surface area is 162 Å². The summed E-state index contributed by atoms with van der Waals surface area (Å²) in [6.45, 7) is 7.64. The summed E-state index contributed by atoms with van der Waals surface area (Å²) in [4.78, 5) is 19.3. The standard InChI is InChI=1S/C22H29N3O2/c1-3-24(17-19-7-5-4-6-8-19)22(26)18-23-13-15-25(16-14-23)20-9-11-21(27-2)12-10-20/h4-12H,3,13-18H2,1-2H3. The fourth-order valence-corrected chi connectivity index (χ4v) is 3.43. The zero-order chi connectivity index (χ0) is 19.1. The van der Waals surface area contributed by atoms with Gasteiger partial charge in [-0.1, -0.05) is 30.3 Å². The number of anilines is 1. The maximum Gasteiger partial charge on any atom is 0.237 e. The number of amides is 1. The molecule has 2 aromatic rings. The molecular weight excluding hydrogens is 338 g/mol. The molecule has 1 aliphatic rings. The summed E-state index contributed by atoms with van der Waals surface area (Å²) in [7, 11) is 1.68. The van der Waals surface area contributed by atoms with Crippen LogP contribution in [-0.4, -0.2) is 62.1 Å². The Kier molecular flexibility index (Phi) is 6.71. The fourth-order valence-electron chi connectivity index (χ4n) is 3.43. The predicted molar refractivity (Wildman–Crippen MR) is 109 cm³/mol. The zero-order valence-corrected chi connectivity index (χ0v) is 16.3. The lowest BCUT2D eigenvalue weighted by Crippen LogP contribution is -2.50. The second kappa shape index (κ2) is 9.42. The molecule has 1 aliphatic heterocycles. The van der Waals surface area contributed by atoms with E-state index in [2.05, 4.69) is 34.1 Å². The average molecular weight is 367 g/mol. The molecule has 5 nitrogen and oxygen atoms in total. The van der Waals surface area contributed by atoms with E-state index in [1.54, 1.807) is 7.11 Å². The van der Waals surface area contributed by atoms with Gasteiger partial charge in [-0.25, -0.2) is 0 Å². The molecule has 1 amide bonds. The Morgan fingerprint density at radius 3 is 2.26 bits per heavy atom. The summed E-state index contributed by atoms with van der Waals surface area (Å²) in [6, 6.07) is 18.4. The van der Waals surface area contributed by atoms with Crippen LogP contribution in [0.3, 0.4) is 0 Å². The second-order valence-electron chi connectivity index (χ2n) is 6.85. The first kappa shape index (κ1) is 19.2. The van der Waals surface area contributed by atoms with Crippen LogP contribution in [0.25, 0.3) is 0 Å². The van der Waals surface area contributed by atoms with E-state index in [9.17, 15) is 4.79 Å². The minimum absolute atomic E-state index is 0.208. The largest absolute Gasteiger partial charge is 0.497 e. The number of hydrogen-bond acceptors (Lipinski definition) is 4. The number of nitrogens with zero attached hydrogens (tertiary/aromatic N) is 3. The second-order valence-corrected chi connectivity index (χ2v) is 6.85. The number of hydrogen-bond donors (Lipinski definition) is 0. The van der Waals surface area contributed by atoms with E-state index in [0.717, 1.165) is 38.5 Å². The van der Waals surface area contributed by atoms with Gasteiger partial charge < -0.3 is 14.5 Å². The summed E-state index contributed by atoms with van der Waals surface area (Å²) in [5.74, 6) is 1.08. The van der Waals surface area contributed by atoms with Gasteiger partial charge in [0, 0.05) is 45.0 Å². The number of likely N-dealkylation sites (N-methyl/N-ethyl adjacent to an activating group) is 1. The smallest absolute Gasteiger partial charge is 0.237 e. The van der Waals surface area contributed by atoms with Crippen molar-refractivity contribution >= 4 is 11.6 Å². The van der Waals surface area contributed by atoms with Crippen LogP contribution in [0.1, 0.15) is 12.5 Å². The molecule has 3 rings (SSSR count). The lowest BCUT2D eigenvalue weighted by atomic mass is 10.2. The minimum atomic E-state index is 0.208. The number of rotatable bonds is 7. The molecule has 1 fully saturated rings. The van der Waals surface area contributed by atoms with E-state index in [-0.39, 0.29) is 5.91 Å². The molecule has 0 atom stereocenters. The maximum absolute atomic E-state index is 12.7. The van der Waals surface area contributed by atoms with Crippen LogP contribution in [0.15, 0.2) is 54.6 Å². The molecule has 0 bridgehead atoms. The van der Waals surface area contributed by atoms with Crippen LogP contribution in [0, 0.1) is 0 Å². The number of benzene rings is 2. The van der Waals surface area contributed by atoms with Gasteiger partial charge in [-0.2, -0.15) is 0 Å². The molecule has 5 heteroatoms. The first-order chi connectivity index (χ1) is 13.2. The van der Waals surface area contributed by atoms with Crippen molar-refractivity contribution < 1.29 is 9.53 Å². The van der Waals surface area contributed by atoms with Crippen molar-refractivity contribution in [1.29, 1.82) is 0 Å². The van der Waals surface area contributed by atoms with Gasteiger partial charge in [-0.05, 0) is 36.8 Å². The lowest BCUT2D eigenvalue weighted by molar-refractivity contribution is -0.132. The molecule has 144 valence electrons. The van der Waals surface area contributed by atoms with Crippen molar-refractivity contribution in [2.24, 2.45) is 0 Å². The van der Waals surface area contributed by atoms with Gasteiger partial charge in [0.1, 0.15) is 5.75 Å². The van der Waals surface area contributed by atoms with Gasteiger partial charge in [0.2, 0.25) is 5.91 Å². The molecule has 0 unspecified atom stereocenters. The van der Waals surface area contributed by atoms with Crippen molar-refractivity contribution in [3.8, 4) is 5.75 Å². The van der Waals surface area contributed by atoms with E-state index in [0.29, 0.717) is 13.1 Å². The summed E-state index contributed by atoms with van der Waals surface area (Å²) >= 11 is 0. The Morgan fingerprint density at radius 2 is 1.67 bits per heavy atom. The third-order valence-corrected chi connectivity index (χ3v) is 5.12. The van der Waals surface area contributed by atoms with Crippen molar-refractivity contribution in [2.75, 3.05) is 51.3 Å². The summed E-state index contributed by atoms with van der Waals surface area (Å²) < 4.78 is 5.22. The highest BCUT2D eigenvalue weighted by molar-refractivity contribution is 5.78. The van der Waals surface area contributed by atoms with E-state index in [1.165, 1.54) is 11.3 Å². The summed E-state index contributed by atoms with van der Waals surface area (Å²) in [5, 5.41) is 0. The Balaban J connectivity index is 1.49. The minimum Gasteiger partial charge on any atom is -0.497 e. The van der Waals surface area contributed by atoms with Gasteiger partial charge in [0.05, 0.1) is 13.7 Å². The molecule has 0 spiro atoms. The molecule has 0 aromatic heterocycles. The van der Waals surface area contributed by atoms with Crippen molar-refractivity contribution in [2.45, 2.75) is 13.5 Å². The van der Waals surface area contributed by atoms with Gasteiger partial charge >= 0.3 is 0 Å². The topological polar surface area (TPSA) is 36.0 Å². The van der Waals surface area contributed by atoms with Crippen LogP contribution in [0.4, 0.5) is 5.69 Å². The fraction of sp³-hybridized carbons (Fsp3) is 0.409. The molecule has 0 radical (unpaired) electrons. The van der Waals surface area contributed by atoms with Gasteiger partial charge in [0.25, 0.3) is 0 Å². The summed E-state index contributed by atoms with van der Waals surface area (Å²) in [5.41, 5.74) is 2.39. The number of methoxy groups -OCH3 is 1. The molecule has 0 saturated carbocycles. The van der Waals surface area contributed by atoms with Crippen LogP contribution >= 0.6 is 0 Å². The Hall–Kier alpha value is -2.53. The highest BCUT2D eigenvalue weighted by atomic mass is 16.5. The van der Waals surface area contributed by atoms with Crippen LogP contribution in [0.2, 0.25) is 0 Å². The summed E-state index contributed by atoms with van der Waals surface area (Å²) in [6.07, 6.45) is 0. The number of ether oxygens (including phenoxy) is 1. The first-order valence-electron chi connectivity index (χ1n) is 9.62. The third kappa shape index (κ3) is 5.23. The van der Waals surface area contributed by atoms with Gasteiger partial charge in [-0.15, -0.1) is 0 Å². The van der Waals surface area contributed by atoms with E-state index in [1.807, 2.05) is 42.2 Å². The molecule has 0 aliphatic carbocycles. The van der Waals surface area contributed by atoms with Gasteiger partial charge in [0.15, 0.2) is 0 Å². The molecule has 27 heavy (non-hydrogen) atoms. The quantitative estimate of drug-likeness (QED) is 0.754. The molecule has 0 N–H and O–H groups in total. The zero-order valence-electron chi connectivity index (χ0n) is 16.3. The normalized spacial score (nSPS) is 14.8. The van der Waals surface area contributed by atoms with E-state index in [4.69, 9.17) is 4.74 Å². The third-order valence-electron chi connectivity index (χ3n) is 5.12. The monoisotopic (exact) mass is 367 g/mol. The maximum atomic E-state index is 12.7. The van der Waals surface area contributed by atoms with Crippen molar-refractivity contribution in [1.82, 2.24) is 9.80 Å². The van der Waals surface area contributed by atoms with E-state index < -0.39 is 0 Å². The van der Waals surface area contributed by atoms with Crippen molar-refractivity contribution in [3.05, 3.63) is 60.2 Å². The average Bonchev–Trinajstić information content (AvgIpc) is 2.73. The predicted octanol–water partition coefficient (Wildman–Crippen LogP) is 2.87. The number of carbonyl (C=O) groups excluding carboxylic acids is 1. The van der Waals surface area contributed by atoms with Crippen LogP contribution < -0.4 is 9.64 Å². The lowest BCUT2D eigenvalue weighted by Gasteiger charge is -2.36. The van der Waals surface area contributed by atoms with E-state index >= 15 is 0 Å². The molecule has 1 saturated heterocycles. The SMILES string of the molecule is CCN(Cc1ccccc1)C(=O)CN1CCN(c2ccc(OC)cc2)CC1. The molecule has 2 aromatic carbocycles. The number of carbonyl (C=O) groups is 1. The Bertz CT molecular complexity index is 710. The Morgan fingerprint density at radius 1 is 1.00 bits per heavy atom. The van der Waals surface area contributed by atoms with Crippen LogP contribution in [-0.2, 0) is 11.3 Å². The van der Waals surface area contributed by atoms with Gasteiger partial charge in [-0.3, -0.25) is 9.69 Å². The highest BCUT2D eigenvalue weighted by Gasteiger charge is 2.21. The van der Waals surface area contributed by atoms with Crippen LogP contribution in [0.5, 0.6) is 5.75 Å². The highest BCUT2D eigenvalue weighted by Crippen LogP contribution is 2.20. The van der Waals surface area contributed by atoms with Crippen molar-refractivity contribution in [3.63, 3.8) is 0 Å². The molecule has 1 heterocycles. The molecular formula is C22H29N3O2. The number of piperazine rings is 1. The first-order valence-corrected chi connectivity index (χ1v) is 9.62.